The van der Waals surface area contributed by atoms with Crippen LogP contribution >= 0.6 is 11.3 Å². The summed E-state index contributed by atoms with van der Waals surface area (Å²) in [7, 11) is 0. The molecule has 0 bridgehead atoms. The van der Waals surface area contributed by atoms with Gasteiger partial charge >= 0.3 is 0 Å². The van der Waals surface area contributed by atoms with Crippen LogP contribution in [0.4, 0.5) is 0 Å². The number of thiophene rings is 1. The Balaban J connectivity index is 1.10. The quantitative estimate of drug-likeness (QED) is 0.179. The molecule has 0 aliphatic heterocycles. The number of benzene rings is 8. The molecule has 2 aliphatic rings. The number of nitrogens with zero attached hydrogens (tertiary/aromatic N) is 1. The molecule has 8 aromatic carbocycles. The molecule has 0 amide bonds. The van der Waals surface area contributed by atoms with Crippen LogP contribution in [-0.2, 0) is 5.41 Å². The molecule has 2 aromatic heterocycles. The molecule has 0 saturated carbocycles. The van der Waals surface area contributed by atoms with Crippen LogP contribution in [-0.4, -0.2) is 4.98 Å². The van der Waals surface area contributed by atoms with Crippen LogP contribution in [0.25, 0.3) is 86.8 Å². The highest BCUT2D eigenvalue weighted by Crippen LogP contribution is 2.64. The van der Waals surface area contributed by atoms with E-state index in [0.717, 1.165) is 22.2 Å². The van der Waals surface area contributed by atoms with E-state index >= 15 is 0 Å². The lowest BCUT2D eigenvalue weighted by Gasteiger charge is -2.30. The molecule has 12 rings (SSSR count). The van der Waals surface area contributed by atoms with Crippen molar-refractivity contribution in [2.24, 2.45) is 0 Å². The molecule has 54 heavy (non-hydrogen) atoms. The fourth-order valence-electron chi connectivity index (χ4n) is 9.62. The number of rotatable bonds is 3. The predicted octanol–water partition coefficient (Wildman–Crippen LogP) is 13.9. The van der Waals surface area contributed by atoms with E-state index in [4.69, 9.17) is 4.98 Å². The number of para-hydroxylation sites is 1. The zero-order valence-corrected chi connectivity index (χ0v) is 30.1. The van der Waals surface area contributed by atoms with Crippen molar-refractivity contribution in [3.05, 3.63) is 210 Å². The molecule has 0 saturated heterocycles. The topological polar surface area (TPSA) is 12.9 Å². The number of hydrogen-bond acceptors (Lipinski definition) is 2. The molecular weight excluding hydrogens is 671 g/mol. The van der Waals surface area contributed by atoms with Gasteiger partial charge in [0.2, 0.25) is 0 Å². The molecular formula is C52H31NS. The maximum absolute atomic E-state index is 5.21. The summed E-state index contributed by atoms with van der Waals surface area (Å²) >= 11 is 1.93. The van der Waals surface area contributed by atoms with Gasteiger partial charge in [-0.25, -0.2) is 4.98 Å². The first-order valence-corrected chi connectivity index (χ1v) is 19.4. The Morgan fingerprint density at radius 3 is 1.87 bits per heavy atom. The average molecular weight is 702 g/mol. The van der Waals surface area contributed by atoms with Crippen LogP contribution in [0.5, 0.6) is 0 Å². The summed E-state index contributed by atoms with van der Waals surface area (Å²) in [6.07, 6.45) is 0. The summed E-state index contributed by atoms with van der Waals surface area (Å²) in [6.45, 7) is 0. The van der Waals surface area contributed by atoms with E-state index in [2.05, 4.69) is 188 Å². The average Bonchev–Trinajstić information content (AvgIpc) is 3.87. The third-order valence-corrected chi connectivity index (χ3v) is 13.1. The number of hydrogen-bond donors (Lipinski definition) is 0. The molecule has 0 fully saturated rings. The maximum Gasteiger partial charge on any atom is 0.0726 e. The number of fused-ring (bicyclic) bond motifs is 15. The van der Waals surface area contributed by atoms with Crippen LogP contribution in [0, 0.1) is 0 Å². The molecule has 1 nitrogen and oxygen atoms in total. The zero-order valence-electron chi connectivity index (χ0n) is 29.3. The van der Waals surface area contributed by atoms with Gasteiger partial charge in [0.25, 0.3) is 0 Å². The highest BCUT2D eigenvalue weighted by atomic mass is 32.1. The van der Waals surface area contributed by atoms with Gasteiger partial charge in [0.05, 0.1) is 16.6 Å². The lowest BCUT2D eigenvalue weighted by Crippen LogP contribution is -2.25. The van der Waals surface area contributed by atoms with Crippen molar-refractivity contribution in [2.45, 2.75) is 5.41 Å². The van der Waals surface area contributed by atoms with Crippen molar-refractivity contribution in [2.75, 3.05) is 0 Å². The summed E-state index contributed by atoms with van der Waals surface area (Å²) < 4.78 is 2.71. The van der Waals surface area contributed by atoms with Crippen molar-refractivity contribution < 1.29 is 0 Å². The van der Waals surface area contributed by atoms with Gasteiger partial charge in [-0.15, -0.1) is 11.3 Å². The Hall–Kier alpha value is -6.61. The third-order valence-electron chi connectivity index (χ3n) is 11.9. The second kappa shape index (κ2) is 11.2. The van der Waals surface area contributed by atoms with E-state index in [1.807, 2.05) is 11.3 Å². The Kier molecular flexibility index (Phi) is 6.20. The molecule has 0 unspecified atom stereocenters. The Bertz CT molecular complexity index is 3120. The molecule has 2 aliphatic carbocycles. The summed E-state index contributed by atoms with van der Waals surface area (Å²) in [5, 5.41) is 3.84. The minimum absolute atomic E-state index is 0.416. The first-order chi connectivity index (χ1) is 26.8. The minimum atomic E-state index is -0.416. The lowest BCUT2D eigenvalue weighted by atomic mass is 9.70. The normalized spacial score (nSPS) is 13.3. The van der Waals surface area contributed by atoms with E-state index in [1.54, 1.807) is 0 Å². The first-order valence-electron chi connectivity index (χ1n) is 18.6. The monoisotopic (exact) mass is 701 g/mol. The molecule has 10 aromatic rings. The maximum atomic E-state index is 5.21. The largest absolute Gasteiger partial charge is 0.248 e. The second-order valence-electron chi connectivity index (χ2n) is 14.6. The van der Waals surface area contributed by atoms with E-state index in [9.17, 15) is 0 Å². The van der Waals surface area contributed by atoms with Gasteiger partial charge < -0.3 is 0 Å². The Labute approximate surface area is 317 Å². The SMILES string of the molecule is c1ccc(-c2cc(-c3cccc(-c4ccc5c(c4)C4(c6ccccc6-c6ccccc64)c4ccc6c(sc7ccccc76)c4-5)c3)nc3ccccc23)cc1. The molecule has 0 atom stereocenters. The van der Waals surface area contributed by atoms with Gasteiger partial charge in [0, 0.05) is 36.7 Å². The van der Waals surface area contributed by atoms with E-state index < -0.39 is 5.41 Å². The van der Waals surface area contributed by atoms with Crippen molar-refractivity contribution in [3.8, 4) is 55.8 Å². The van der Waals surface area contributed by atoms with Gasteiger partial charge in [-0.2, -0.15) is 0 Å². The van der Waals surface area contributed by atoms with Crippen LogP contribution in [0.2, 0.25) is 0 Å². The standard InChI is InChI=1S/C52H31NS/c1-2-13-32(14-3-1)42-31-48(53-47-23-10-6-19-38(42)47)35-16-12-15-33(29-35)34-25-26-41-46(30-34)52(43-21-8-4-17-36(43)37-18-5-9-22-44(37)52)45-28-27-40-39-20-7-11-24-49(39)54-51(40)50(41)45/h1-31H. The molecule has 0 N–H and O–H groups in total. The summed E-state index contributed by atoms with van der Waals surface area (Å²) in [5.41, 5.74) is 18.3. The minimum Gasteiger partial charge on any atom is -0.248 e. The van der Waals surface area contributed by atoms with Gasteiger partial charge in [0.1, 0.15) is 0 Å². The molecule has 0 radical (unpaired) electrons. The molecule has 2 heteroatoms. The third kappa shape index (κ3) is 4.01. The number of aromatic nitrogens is 1. The van der Waals surface area contributed by atoms with Crippen LogP contribution in [0.1, 0.15) is 22.3 Å². The lowest BCUT2D eigenvalue weighted by molar-refractivity contribution is 0.795. The van der Waals surface area contributed by atoms with E-state index in [-0.39, 0.29) is 0 Å². The first kappa shape index (κ1) is 29.9. The smallest absolute Gasteiger partial charge is 0.0726 e. The van der Waals surface area contributed by atoms with Gasteiger partial charge in [-0.05, 0) is 91.5 Å². The van der Waals surface area contributed by atoms with E-state index in [1.165, 1.54) is 86.9 Å². The second-order valence-corrected chi connectivity index (χ2v) is 15.6. The molecule has 2 heterocycles. The molecule has 1 spiro atoms. The highest BCUT2D eigenvalue weighted by molar-refractivity contribution is 7.26. The van der Waals surface area contributed by atoms with Crippen LogP contribution in [0.3, 0.4) is 0 Å². The summed E-state index contributed by atoms with van der Waals surface area (Å²) in [5.74, 6) is 0. The van der Waals surface area contributed by atoms with E-state index in [0.29, 0.717) is 0 Å². The summed E-state index contributed by atoms with van der Waals surface area (Å²) in [6, 6.07) is 69.4. The summed E-state index contributed by atoms with van der Waals surface area (Å²) in [4.78, 5) is 5.21. The van der Waals surface area contributed by atoms with Crippen molar-refractivity contribution in [1.29, 1.82) is 0 Å². The predicted molar refractivity (Wildman–Crippen MR) is 227 cm³/mol. The van der Waals surface area contributed by atoms with Crippen molar-refractivity contribution in [3.63, 3.8) is 0 Å². The Morgan fingerprint density at radius 2 is 1.04 bits per heavy atom. The zero-order chi connectivity index (χ0) is 35.4. The highest BCUT2D eigenvalue weighted by Gasteiger charge is 2.52. The Morgan fingerprint density at radius 1 is 0.370 bits per heavy atom. The van der Waals surface area contributed by atoms with Gasteiger partial charge in [0.15, 0.2) is 0 Å². The molecule has 250 valence electrons. The van der Waals surface area contributed by atoms with Crippen LogP contribution in [0.15, 0.2) is 188 Å². The van der Waals surface area contributed by atoms with Crippen LogP contribution < -0.4 is 0 Å². The van der Waals surface area contributed by atoms with Gasteiger partial charge in [-0.1, -0.05) is 158 Å². The van der Waals surface area contributed by atoms with Gasteiger partial charge in [-0.3, -0.25) is 0 Å². The number of pyridine rings is 1. The van der Waals surface area contributed by atoms with Crippen molar-refractivity contribution >= 4 is 42.4 Å². The fraction of sp³-hybridized carbons (Fsp3) is 0.0192. The fourth-order valence-corrected chi connectivity index (χ4v) is 10.9. The van der Waals surface area contributed by atoms with Crippen molar-refractivity contribution in [1.82, 2.24) is 4.98 Å².